The largest absolute Gasteiger partial charge is 0.341 e. The molecule has 0 aliphatic carbocycles. The van der Waals surface area contributed by atoms with Crippen molar-refractivity contribution in [3.8, 4) is 0 Å². The monoisotopic (exact) mass is 420 g/mol. The molecule has 0 aromatic rings. The molecule has 1 heterocycles. The zero-order valence-corrected chi connectivity index (χ0v) is 17.2. The van der Waals surface area contributed by atoms with Crippen molar-refractivity contribution in [2.24, 2.45) is 5.92 Å². The molecular formula is C14H20Cl4N2O2S. The van der Waals surface area contributed by atoms with Gasteiger partial charge in [0.2, 0.25) is 4.33 Å². The summed E-state index contributed by atoms with van der Waals surface area (Å²) in [4.78, 5) is 25.6. The Morgan fingerprint density at radius 2 is 1.78 bits per heavy atom. The van der Waals surface area contributed by atoms with Crippen LogP contribution in [0.2, 0.25) is 0 Å². The Morgan fingerprint density at radius 3 is 2.17 bits per heavy atom. The van der Waals surface area contributed by atoms with E-state index in [1.165, 1.54) is 27.8 Å². The van der Waals surface area contributed by atoms with E-state index in [4.69, 9.17) is 46.4 Å². The van der Waals surface area contributed by atoms with Crippen LogP contribution in [-0.2, 0) is 9.59 Å². The fraction of sp³-hybridized carbons (Fsp3) is 0.714. The molecule has 2 amide bonds. The summed E-state index contributed by atoms with van der Waals surface area (Å²) < 4.78 is -1.86. The van der Waals surface area contributed by atoms with Crippen molar-refractivity contribution in [3.63, 3.8) is 0 Å². The Morgan fingerprint density at radius 1 is 1.26 bits per heavy atom. The molecule has 0 spiro atoms. The van der Waals surface area contributed by atoms with Gasteiger partial charge in [0.25, 0.3) is 11.8 Å². The lowest BCUT2D eigenvalue weighted by Crippen LogP contribution is -2.64. The van der Waals surface area contributed by atoms with Crippen molar-refractivity contribution >= 4 is 70.0 Å². The lowest BCUT2D eigenvalue weighted by atomic mass is 9.96. The predicted octanol–water partition coefficient (Wildman–Crippen LogP) is 4.23. The van der Waals surface area contributed by atoms with Crippen LogP contribution in [0.4, 0.5) is 0 Å². The summed E-state index contributed by atoms with van der Waals surface area (Å²) in [5.74, 6) is -1.26. The molecule has 0 aromatic carbocycles. The first-order valence-corrected chi connectivity index (χ1v) is 9.71. The minimum atomic E-state index is -1.86. The minimum Gasteiger partial charge on any atom is -0.341 e. The molecule has 0 fully saturated rings. The Hall–Kier alpha value is 0.190. The van der Waals surface area contributed by atoms with Gasteiger partial charge in [0.05, 0.1) is 0 Å². The molecule has 1 aliphatic rings. The summed E-state index contributed by atoms with van der Waals surface area (Å²) in [5, 5.41) is 1.67. The molecule has 4 nitrogen and oxygen atoms in total. The number of rotatable bonds is 6. The van der Waals surface area contributed by atoms with Gasteiger partial charge < -0.3 is 4.90 Å². The SMILES string of the molecule is CCN(CC)C(=O)C(Cl)(Cl)C1(C(C)C)SC=CN1C(=O)C(Cl)Cl. The van der Waals surface area contributed by atoms with E-state index in [2.05, 4.69) is 0 Å². The highest BCUT2D eigenvalue weighted by Crippen LogP contribution is 2.55. The van der Waals surface area contributed by atoms with Gasteiger partial charge in [-0.3, -0.25) is 14.5 Å². The van der Waals surface area contributed by atoms with Crippen LogP contribution < -0.4 is 0 Å². The maximum absolute atomic E-state index is 12.9. The summed E-state index contributed by atoms with van der Waals surface area (Å²) in [6.07, 6.45) is 1.51. The highest BCUT2D eigenvalue weighted by molar-refractivity contribution is 8.03. The third-order valence-corrected chi connectivity index (χ3v) is 6.88. The highest BCUT2D eigenvalue weighted by atomic mass is 35.5. The molecule has 1 unspecified atom stereocenters. The normalized spacial score (nSPS) is 21.4. The molecule has 0 saturated heterocycles. The average Bonchev–Trinajstić information content (AvgIpc) is 2.93. The fourth-order valence-electron chi connectivity index (χ4n) is 2.57. The first-order chi connectivity index (χ1) is 10.6. The van der Waals surface area contributed by atoms with Gasteiger partial charge in [-0.05, 0) is 25.2 Å². The molecule has 0 N–H and O–H groups in total. The van der Waals surface area contributed by atoms with E-state index >= 15 is 0 Å². The Kier molecular flexibility index (Phi) is 7.43. The zero-order valence-electron chi connectivity index (χ0n) is 13.4. The molecular weight excluding hydrogens is 402 g/mol. The Bertz CT molecular complexity index is 495. The van der Waals surface area contributed by atoms with Crippen LogP contribution in [0, 0.1) is 5.92 Å². The van der Waals surface area contributed by atoms with Crippen molar-refractivity contribution < 1.29 is 9.59 Å². The van der Waals surface area contributed by atoms with Crippen molar-refractivity contribution in [2.45, 2.75) is 41.7 Å². The van der Waals surface area contributed by atoms with E-state index in [0.29, 0.717) is 13.1 Å². The van der Waals surface area contributed by atoms with Gasteiger partial charge in [-0.2, -0.15) is 0 Å². The van der Waals surface area contributed by atoms with Crippen LogP contribution in [0.5, 0.6) is 0 Å². The second-order valence-corrected chi connectivity index (χ2v) is 8.87. The van der Waals surface area contributed by atoms with Crippen LogP contribution in [0.15, 0.2) is 11.6 Å². The quantitative estimate of drug-likeness (QED) is 0.602. The molecule has 0 saturated carbocycles. The maximum Gasteiger partial charge on any atom is 0.262 e. The maximum atomic E-state index is 12.9. The van der Waals surface area contributed by atoms with Gasteiger partial charge in [-0.15, -0.1) is 0 Å². The van der Waals surface area contributed by atoms with Crippen LogP contribution in [0.1, 0.15) is 27.7 Å². The van der Waals surface area contributed by atoms with Gasteiger partial charge in [-0.25, -0.2) is 0 Å². The van der Waals surface area contributed by atoms with E-state index < -0.39 is 25.9 Å². The molecule has 1 atom stereocenters. The van der Waals surface area contributed by atoms with Crippen LogP contribution in [-0.4, -0.2) is 48.7 Å². The number of nitrogens with zero attached hydrogens (tertiary/aromatic N) is 2. The Balaban J connectivity index is 3.39. The first kappa shape index (κ1) is 21.2. The van der Waals surface area contributed by atoms with E-state index in [1.54, 1.807) is 5.41 Å². The number of hydrogen-bond acceptors (Lipinski definition) is 3. The lowest BCUT2D eigenvalue weighted by molar-refractivity contribution is -0.137. The van der Waals surface area contributed by atoms with Crippen molar-refractivity contribution in [1.29, 1.82) is 0 Å². The second-order valence-electron chi connectivity index (χ2n) is 5.31. The van der Waals surface area contributed by atoms with Crippen LogP contribution >= 0.6 is 58.2 Å². The van der Waals surface area contributed by atoms with Gasteiger partial charge in [-0.1, -0.05) is 72.0 Å². The van der Waals surface area contributed by atoms with Crippen molar-refractivity contribution in [2.75, 3.05) is 13.1 Å². The molecule has 0 aromatic heterocycles. The Labute approximate surface area is 161 Å². The van der Waals surface area contributed by atoms with E-state index in [1.807, 2.05) is 27.7 Å². The number of thioether (sulfide) groups is 1. The molecule has 0 radical (unpaired) electrons. The van der Waals surface area contributed by atoms with Crippen LogP contribution in [0.25, 0.3) is 0 Å². The topological polar surface area (TPSA) is 40.6 Å². The minimum absolute atomic E-state index is 0.243. The predicted molar refractivity (Wildman–Crippen MR) is 99.0 cm³/mol. The van der Waals surface area contributed by atoms with Gasteiger partial charge in [0, 0.05) is 19.3 Å². The van der Waals surface area contributed by atoms with E-state index in [9.17, 15) is 9.59 Å². The molecule has 1 aliphatic heterocycles. The number of hydrogen-bond donors (Lipinski definition) is 0. The van der Waals surface area contributed by atoms with E-state index in [-0.39, 0.29) is 5.92 Å². The molecule has 9 heteroatoms. The molecule has 1 rings (SSSR count). The lowest BCUT2D eigenvalue weighted by Gasteiger charge is -2.48. The third kappa shape index (κ3) is 3.59. The summed E-state index contributed by atoms with van der Waals surface area (Å²) in [6.45, 7) is 8.28. The van der Waals surface area contributed by atoms with Gasteiger partial charge in [0.15, 0.2) is 4.84 Å². The first-order valence-electron chi connectivity index (χ1n) is 7.20. The third-order valence-electron chi connectivity index (χ3n) is 3.79. The number of carbonyl (C=O) groups is 2. The molecule has 23 heavy (non-hydrogen) atoms. The highest BCUT2D eigenvalue weighted by Gasteiger charge is 2.63. The standard InChI is InChI=1S/C14H20Cl4N2O2S/c1-5-19(6-2)12(22)13(17,18)14(9(3)4)20(7-8-23-14)11(21)10(15)16/h7-10H,5-6H2,1-4H3. The molecule has 0 bridgehead atoms. The van der Waals surface area contributed by atoms with Gasteiger partial charge >= 0.3 is 0 Å². The summed E-state index contributed by atoms with van der Waals surface area (Å²) >= 11 is 25.8. The molecule has 132 valence electrons. The second kappa shape index (κ2) is 8.05. The summed E-state index contributed by atoms with van der Waals surface area (Å²) in [7, 11) is 0. The number of carbonyl (C=O) groups excluding carboxylic acids is 2. The van der Waals surface area contributed by atoms with Gasteiger partial charge in [0.1, 0.15) is 4.87 Å². The average molecular weight is 422 g/mol. The smallest absolute Gasteiger partial charge is 0.262 e. The number of amides is 2. The van der Waals surface area contributed by atoms with E-state index in [0.717, 1.165) is 0 Å². The fourth-order valence-corrected chi connectivity index (χ4v) is 5.07. The number of alkyl halides is 4. The van der Waals surface area contributed by atoms with Crippen molar-refractivity contribution in [3.05, 3.63) is 11.6 Å². The summed E-state index contributed by atoms with van der Waals surface area (Å²) in [6, 6.07) is 0. The van der Waals surface area contributed by atoms with Crippen LogP contribution in [0.3, 0.4) is 0 Å². The number of halogens is 4. The summed E-state index contributed by atoms with van der Waals surface area (Å²) in [5.41, 5.74) is 0. The zero-order chi connectivity index (χ0) is 18.0. The van der Waals surface area contributed by atoms with Crippen molar-refractivity contribution in [1.82, 2.24) is 9.80 Å².